The van der Waals surface area contributed by atoms with Gasteiger partial charge in [-0.3, -0.25) is 0 Å². The molecule has 2 aliphatic rings. The van der Waals surface area contributed by atoms with Crippen LogP contribution in [0.1, 0.15) is 19.4 Å². The summed E-state index contributed by atoms with van der Waals surface area (Å²) in [7, 11) is 0. The zero-order valence-electron chi connectivity index (χ0n) is 11.0. The van der Waals surface area contributed by atoms with Gasteiger partial charge in [0.2, 0.25) is 0 Å². The molecule has 0 fully saturated rings. The van der Waals surface area contributed by atoms with Gasteiger partial charge in [0.05, 0.1) is 5.92 Å². The summed E-state index contributed by atoms with van der Waals surface area (Å²) in [5, 5.41) is 6.73. The number of hydrogen-bond donors (Lipinski definition) is 0. The molecule has 0 bridgehead atoms. The van der Waals surface area contributed by atoms with E-state index in [4.69, 9.17) is 9.57 Å². The highest BCUT2D eigenvalue weighted by atomic mass is 16.7. The van der Waals surface area contributed by atoms with Crippen molar-refractivity contribution in [3.8, 4) is 5.75 Å². The third-order valence-corrected chi connectivity index (χ3v) is 4.10. The van der Waals surface area contributed by atoms with Gasteiger partial charge in [0.15, 0.2) is 0 Å². The molecule has 2 heterocycles. The van der Waals surface area contributed by atoms with Crippen LogP contribution in [-0.4, -0.2) is 17.9 Å². The average Bonchev–Trinajstić information content (AvgIpc) is 2.74. The number of rotatable bonds is 0. The van der Waals surface area contributed by atoms with E-state index in [0.717, 1.165) is 17.0 Å². The fourth-order valence-electron chi connectivity index (χ4n) is 2.93. The molecule has 0 aliphatic carbocycles. The lowest BCUT2D eigenvalue weighted by atomic mass is 9.82. The van der Waals surface area contributed by atoms with Gasteiger partial charge in [-0.15, -0.1) is 0 Å². The van der Waals surface area contributed by atoms with Gasteiger partial charge < -0.3 is 9.57 Å². The molecule has 3 heteroatoms. The van der Waals surface area contributed by atoms with Crippen molar-refractivity contribution in [1.29, 1.82) is 0 Å². The average molecular weight is 253 g/mol. The Labute approximate surface area is 111 Å². The molecule has 0 saturated carbocycles. The SMILES string of the molecule is CC1(C)ON=C2c3c(ccc4ccccc34)OCC21. The Bertz CT molecular complexity index is 703. The van der Waals surface area contributed by atoms with Crippen molar-refractivity contribution in [1.82, 2.24) is 0 Å². The maximum atomic E-state index is 5.92. The van der Waals surface area contributed by atoms with Gasteiger partial charge in [-0.2, -0.15) is 0 Å². The number of fused-ring (bicyclic) bond motifs is 5. The van der Waals surface area contributed by atoms with Crippen LogP contribution >= 0.6 is 0 Å². The van der Waals surface area contributed by atoms with Crippen molar-refractivity contribution >= 4 is 16.5 Å². The number of ether oxygens (including phenoxy) is 1. The first-order valence-corrected chi connectivity index (χ1v) is 6.58. The van der Waals surface area contributed by atoms with E-state index in [0.29, 0.717) is 6.61 Å². The van der Waals surface area contributed by atoms with Gasteiger partial charge in [0.25, 0.3) is 0 Å². The molecule has 1 atom stereocenters. The summed E-state index contributed by atoms with van der Waals surface area (Å²) in [5.41, 5.74) is 1.84. The van der Waals surface area contributed by atoms with Crippen LogP contribution in [0.5, 0.6) is 5.75 Å². The minimum Gasteiger partial charge on any atom is -0.492 e. The van der Waals surface area contributed by atoms with Gasteiger partial charge in [-0.1, -0.05) is 35.5 Å². The minimum atomic E-state index is -0.288. The molecule has 0 saturated heterocycles. The summed E-state index contributed by atoms with van der Waals surface area (Å²) in [4.78, 5) is 5.60. The molecule has 2 aromatic rings. The quantitative estimate of drug-likeness (QED) is 0.720. The van der Waals surface area contributed by atoms with Crippen molar-refractivity contribution in [2.75, 3.05) is 6.61 Å². The number of nitrogens with zero attached hydrogens (tertiary/aromatic N) is 1. The molecule has 0 N–H and O–H groups in total. The van der Waals surface area contributed by atoms with E-state index in [9.17, 15) is 0 Å². The molecule has 3 nitrogen and oxygen atoms in total. The third-order valence-electron chi connectivity index (χ3n) is 4.10. The van der Waals surface area contributed by atoms with Gasteiger partial charge in [-0.25, -0.2) is 0 Å². The maximum Gasteiger partial charge on any atom is 0.143 e. The fraction of sp³-hybridized carbons (Fsp3) is 0.312. The van der Waals surface area contributed by atoms with E-state index in [1.807, 2.05) is 18.2 Å². The van der Waals surface area contributed by atoms with E-state index in [-0.39, 0.29) is 11.5 Å². The summed E-state index contributed by atoms with van der Waals surface area (Å²) in [6.45, 7) is 4.76. The predicted octanol–water partition coefficient (Wildman–Crippen LogP) is 3.36. The predicted molar refractivity (Wildman–Crippen MR) is 74.6 cm³/mol. The molecule has 96 valence electrons. The van der Waals surface area contributed by atoms with E-state index >= 15 is 0 Å². The Hall–Kier alpha value is -2.03. The van der Waals surface area contributed by atoms with Gasteiger partial charge in [0, 0.05) is 5.56 Å². The molecule has 0 amide bonds. The van der Waals surface area contributed by atoms with Gasteiger partial charge >= 0.3 is 0 Å². The first-order valence-electron chi connectivity index (χ1n) is 6.58. The van der Waals surface area contributed by atoms with Crippen LogP contribution in [0, 0.1) is 5.92 Å². The largest absolute Gasteiger partial charge is 0.492 e. The van der Waals surface area contributed by atoms with Gasteiger partial charge in [0.1, 0.15) is 23.7 Å². The highest BCUT2D eigenvalue weighted by molar-refractivity contribution is 6.15. The van der Waals surface area contributed by atoms with Crippen LogP contribution in [0.4, 0.5) is 0 Å². The summed E-state index contributed by atoms with van der Waals surface area (Å²) in [5.74, 6) is 1.11. The molecule has 19 heavy (non-hydrogen) atoms. The zero-order valence-corrected chi connectivity index (χ0v) is 11.0. The molecule has 1 unspecified atom stereocenters. The summed E-state index contributed by atoms with van der Waals surface area (Å²) >= 11 is 0. The molecule has 0 aromatic heterocycles. The molecule has 0 spiro atoms. The zero-order chi connectivity index (χ0) is 13.0. The fourth-order valence-corrected chi connectivity index (χ4v) is 2.93. The summed E-state index contributed by atoms with van der Waals surface area (Å²) in [6.07, 6.45) is 0. The first kappa shape index (κ1) is 10.9. The standard InChI is InChI=1S/C16H15NO2/c1-16(2)12-9-18-13-8-7-10-5-3-4-6-11(10)14(13)15(12)17-19-16/h3-8,12H,9H2,1-2H3. The molecular formula is C16H15NO2. The van der Waals surface area contributed by atoms with Crippen molar-refractivity contribution < 1.29 is 9.57 Å². The van der Waals surface area contributed by atoms with Crippen LogP contribution < -0.4 is 4.74 Å². The minimum absolute atomic E-state index is 0.200. The van der Waals surface area contributed by atoms with Crippen molar-refractivity contribution in [3.63, 3.8) is 0 Å². The summed E-state index contributed by atoms with van der Waals surface area (Å²) in [6, 6.07) is 12.5. The highest BCUT2D eigenvalue weighted by Crippen LogP contribution is 2.41. The van der Waals surface area contributed by atoms with Gasteiger partial charge in [-0.05, 0) is 30.7 Å². The third kappa shape index (κ3) is 1.41. The molecule has 2 aliphatic heterocycles. The second-order valence-electron chi connectivity index (χ2n) is 5.69. The van der Waals surface area contributed by atoms with Crippen LogP contribution in [0.2, 0.25) is 0 Å². The number of hydrogen-bond acceptors (Lipinski definition) is 3. The normalized spacial score (nSPS) is 23.1. The Kier molecular flexibility index (Phi) is 2.00. The van der Waals surface area contributed by atoms with E-state index in [1.165, 1.54) is 10.8 Å². The van der Waals surface area contributed by atoms with E-state index in [1.54, 1.807) is 0 Å². The van der Waals surface area contributed by atoms with Crippen LogP contribution in [-0.2, 0) is 4.84 Å². The number of oxime groups is 1. The Morgan fingerprint density at radius 2 is 2.00 bits per heavy atom. The monoisotopic (exact) mass is 253 g/mol. The van der Waals surface area contributed by atoms with E-state index in [2.05, 4.69) is 37.2 Å². The lowest BCUT2D eigenvalue weighted by molar-refractivity contribution is -0.0240. The second-order valence-corrected chi connectivity index (χ2v) is 5.69. The Morgan fingerprint density at radius 1 is 1.16 bits per heavy atom. The van der Waals surface area contributed by atoms with E-state index < -0.39 is 0 Å². The smallest absolute Gasteiger partial charge is 0.143 e. The number of benzene rings is 2. The molecule has 2 aromatic carbocycles. The van der Waals surface area contributed by atoms with Crippen molar-refractivity contribution in [2.24, 2.45) is 11.1 Å². The maximum absolute atomic E-state index is 5.92. The Morgan fingerprint density at radius 3 is 2.89 bits per heavy atom. The molecule has 0 radical (unpaired) electrons. The van der Waals surface area contributed by atoms with Crippen molar-refractivity contribution in [2.45, 2.75) is 19.4 Å². The lowest BCUT2D eigenvalue weighted by Gasteiger charge is -2.30. The lowest BCUT2D eigenvalue weighted by Crippen LogP contribution is -2.39. The molecule has 4 rings (SSSR count). The first-order chi connectivity index (χ1) is 9.17. The summed E-state index contributed by atoms with van der Waals surface area (Å²) < 4.78 is 5.92. The van der Waals surface area contributed by atoms with Crippen molar-refractivity contribution in [3.05, 3.63) is 42.0 Å². The van der Waals surface area contributed by atoms with Crippen LogP contribution in [0.25, 0.3) is 10.8 Å². The highest BCUT2D eigenvalue weighted by Gasteiger charge is 2.45. The van der Waals surface area contributed by atoms with Crippen LogP contribution in [0.15, 0.2) is 41.6 Å². The van der Waals surface area contributed by atoms with Crippen LogP contribution in [0.3, 0.4) is 0 Å². The second kappa shape index (κ2) is 3.50. The topological polar surface area (TPSA) is 30.8 Å². The Balaban J connectivity index is 2.00. The molecular weight excluding hydrogens is 238 g/mol.